The molecule has 0 aromatic carbocycles. The van der Waals surface area contributed by atoms with Crippen LogP contribution in [0, 0.1) is 0 Å². The Morgan fingerprint density at radius 1 is 0.912 bits per heavy atom. The fourth-order valence-electron chi connectivity index (χ4n) is 5.81. The maximum atomic E-state index is 12.1. The Morgan fingerprint density at radius 3 is 2.26 bits per heavy atom. The van der Waals surface area contributed by atoms with E-state index in [1.54, 1.807) is 6.07 Å². The molecule has 2 aliphatic carbocycles. The van der Waals surface area contributed by atoms with Gasteiger partial charge in [0.25, 0.3) is 0 Å². The summed E-state index contributed by atoms with van der Waals surface area (Å²) in [5.74, 6) is -0.512. The highest BCUT2D eigenvalue weighted by Gasteiger charge is 2.32. The minimum absolute atomic E-state index is 0.121. The summed E-state index contributed by atoms with van der Waals surface area (Å²) in [4.78, 5) is 25.6. The van der Waals surface area contributed by atoms with Gasteiger partial charge in [-0.2, -0.15) is 5.10 Å². The predicted molar refractivity (Wildman–Crippen MR) is 132 cm³/mol. The quantitative estimate of drug-likeness (QED) is 0.594. The third kappa shape index (κ3) is 3.79. The topological polar surface area (TPSA) is 87.4 Å². The number of nitrogens with zero attached hydrogens (tertiary/aromatic N) is 6. The zero-order valence-electron chi connectivity index (χ0n) is 19.6. The van der Waals surface area contributed by atoms with E-state index in [0.29, 0.717) is 12.0 Å². The smallest absolute Gasteiger partial charge is 0.354 e. The minimum Gasteiger partial charge on any atom is -0.477 e. The molecule has 3 fully saturated rings. The predicted octanol–water partition coefficient (Wildman–Crippen LogP) is 4.62. The summed E-state index contributed by atoms with van der Waals surface area (Å²) >= 11 is 0. The van der Waals surface area contributed by atoms with E-state index in [1.165, 1.54) is 31.4 Å². The highest BCUT2D eigenvalue weighted by atomic mass is 16.4. The van der Waals surface area contributed by atoms with Crippen LogP contribution in [-0.4, -0.2) is 57.0 Å². The molecule has 8 nitrogen and oxygen atoms in total. The summed E-state index contributed by atoms with van der Waals surface area (Å²) in [5, 5.41) is 16.2. The van der Waals surface area contributed by atoms with Crippen molar-refractivity contribution in [3.8, 4) is 0 Å². The summed E-state index contributed by atoms with van der Waals surface area (Å²) < 4.78 is 2.10. The van der Waals surface area contributed by atoms with Crippen molar-refractivity contribution in [2.45, 2.75) is 63.3 Å². The number of carboxylic acid groups (broad SMARTS) is 1. The molecule has 3 aliphatic rings. The Kier molecular flexibility index (Phi) is 5.59. The van der Waals surface area contributed by atoms with E-state index in [4.69, 9.17) is 5.10 Å². The van der Waals surface area contributed by atoms with Crippen LogP contribution in [-0.2, 0) is 0 Å². The number of hydrogen-bond acceptors (Lipinski definition) is 6. The zero-order chi connectivity index (χ0) is 23.1. The van der Waals surface area contributed by atoms with Crippen molar-refractivity contribution in [1.82, 2.24) is 19.7 Å². The zero-order valence-corrected chi connectivity index (χ0v) is 19.6. The lowest BCUT2D eigenvalue weighted by molar-refractivity contribution is 0.0691. The number of piperazine rings is 1. The van der Waals surface area contributed by atoms with Crippen LogP contribution in [0.1, 0.15) is 79.5 Å². The first-order valence-corrected chi connectivity index (χ1v) is 12.8. The highest BCUT2D eigenvalue weighted by Crippen LogP contribution is 2.44. The third-order valence-electron chi connectivity index (χ3n) is 7.95. The van der Waals surface area contributed by atoms with Crippen molar-refractivity contribution in [1.29, 1.82) is 0 Å². The highest BCUT2D eigenvalue weighted by molar-refractivity contribution is 5.98. The minimum atomic E-state index is -0.972. The molecular formula is C26H32N6O2. The largest absolute Gasteiger partial charge is 0.477 e. The molecule has 1 N–H and O–H groups in total. The Balaban J connectivity index is 1.41. The second kappa shape index (κ2) is 8.89. The Hall–Kier alpha value is -3.16. The number of hydrogen-bond donors (Lipinski definition) is 1. The van der Waals surface area contributed by atoms with Gasteiger partial charge in [-0.05, 0) is 43.9 Å². The number of carbonyl (C=O) groups is 1. The normalized spacial score (nSPS) is 20.0. The molecule has 6 rings (SSSR count). The van der Waals surface area contributed by atoms with Gasteiger partial charge in [-0.25, -0.2) is 14.5 Å². The molecule has 4 heterocycles. The molecule has 0 spiro atoms. The standard InChI is InChI=1S/C26H32N6O2/c33-26(34)21-17-22(31-15-13-30(14-16-31)19-9-11-27-12-10-19)23-24(18-5-4-6-18)29-32(25(23)28-21)20-7-2-1-3-8-20/h9-12,17-18,20H,1-8,13-16H2,(H,33,34). The van der Waals surface area contributed by atoms with Crippen LogP contribution in [0.3, 0.4) is 0 Å². The number of fused-ring (bicyclic) bond motifs is 1. The average molecular weight is 461 g/mol. The fourth-order valence-corrected chi connectivity index (χ4v) is 5.81. The van der Waals surface area contributed by atoms with Crippen molar-refractivity contribution in [2.24, 2.45) is 0 Å². The monoisotopic (exact) mass is 460 g/mol. The number of rotatable bonds is 5. The summed E-state index contributed by atoms with van der Waals surface area (Å²) in [7, 11) is 0. The molecule has 0 unspecified atom stereocenters. The van der Waals surface area contributed by atoms with Gasteiger partial charge >= 0.3 is 5.97 Å². The average Bonchev–Trinajstić information content (AvgIpc) is 3.23. The molecule has 34 heavy (non-hydrogen) atoms. The van der Waals surface area contributed by atoms with E-state index < -0.39 is 5.97 Å². The van der Waals surface area contributed by atoms with Gasteiger partial charge in [0.15, 0.2) is 11.3 Å². The van der Waals surface area contributed by atoms with Gasteiger partial charge in [0, 0.05) is 50.2 Å². The second-order valence-electron chi connectivity index (χ2n) is 9.96. The van der Waals surface area contributed by atoms with E-state index in [-0.39, 0.29) is 5.69 Å². The van der Waals surface area contributed by atoms with Crippen molar-refractivity contribution in [3.63, 3.8) is 0 Å². The van der Waals surface area contributed by atoms with Crippen molar-refractivity contribution >= 4 is 28.4 Å². The molecule has 2 saturated carbocycles. The molecular weight excluding hydrogens is 428 g/mol. The van der Waals surface area contributed by atoms with Crippen LogP contribution in [0.2, 0.25) is 0 Å². The third-order valence-corrected chi connectivity index (χ3v) is 7.95. The molecule has 1 saturated heterocycles. The molecule has 0 amide bonds. The lowest BCUT2D eigenvalue weighted by atomic mass is 9.82. The molecule has 0 bridgehead atoms. The van der Waals surface area contributed by atoms with Gasteiger partial charge in [-0.3, -0.25) is 4.98 Å². The van der Waals surface area contributed by atoms with Crippen LogP contribution >= 0.6 is 0 Å². The molecule has 0 atom stereocenters. The number of aromatic nitrogens is 4. The van der Waals surface area contributed by atoms with Gasteiger partial charge in [-0.15, -0.1) is 0 Å². The maximum Gasteiger partial charge on any atom is 0.354 e. The molecule has 1 aliphatic heterocycles. The van der Waals surface area contributed by atoms with Crippen LogP contribution in [0.25, 0.3) is 11.0 Å². The summed E-state index contributed by atoms with van der Waals surface area (Å²) in [6, 6.07) is 6.21. The van der Waals surface area contributed by atoms with Gasteiger partial charge in [0.1, 0.15) is 0 Å². The van der Waals surface area contributed by atoms with Crippen molar-refractivity contribution in [2.75, 3.05) is 36.0 Å². The first-order valence-electron chi connectivity index (χ1n) is 12.8. The van der Waals surface area contributed by atoms with Gasteiger partial charge in [0.05, 0.1) is 22.8 Å². The Morgan fingerprint density at radius 2 is 1.62 bits per heavy atom. The van der Waals surface area contributed by atoms with Crippen LogP contribution in [0.5, 0.6) is 0 Å². The molecule has 8 heteroatoms. The molecule has 3 aromatic heterocycles. The van der Waals surface area contributed by atoms with Gasteiger partial charge in [0.2, 0.25) is 0 Å². The maximum absolute atomic E-state index is 12.1. The first kappa shape index (κ1) is 21.4. The van der Waals surface area contributed by atoms with Crippen molar-refractivity contribution < 1.29 is 9.90 Å². The number of anilines is 2. The van der Waals surface area contributed by atoms with E-state index in [9.17, 15) is 9.90 Å². The lowest BCUT2D eigenvalue weighted by Gasteiger charge is -2.38. The number of pyridine rings is 2. The van der Waals surface area contributed by atoms with Gasteiger partial charge < -0.3 is 14.9 Å². The fraction of sp³-hybridized carbons (Fsp3) is 0.538. The van der Waals surface area contributed by atoms with Crippen LogP contribution in [0.15, 0.2) is 30.6 Å². The van der Waals surface area contributed by atoms with Crippen LogP contribution in [0.4, 0.5) is 11.4 Å². The summed E-state index contributed by atoms with van der Waals surface area (Å²) in [6.07, 6.45) is 13.1. The van der Waals surface area contributed by atoms with E-state index in [1.807, 2.05) is 24.5 Å². The summed E-state index contributed by atoms with van der Waals surface area (Å²) in [6.45, 7) is 3.43. The van der Waals surface area contributed by atoms with E-state index in [0.717, 1.165) is 74.3 Å². The summed E-state index contributed by atoms with van der Waals surface area (Å²) in [5.41, 5.74) is 4.22. The first-order chi connectivity index (χ1) is 16.7. The number of carboxylic acids is 1. The van der Waals surface area contributed by atoms with Gasteiger partial charge in [-0.1, -0.05) is 25.7 Å². The van der Waals surface area contributed by atoms with Crippen molar-refractivity contribution in [3.05, 3.63) is 42.0 Å². The Bertz CT molecular complexity index is 1170. The molecule has 0 radical (unpaired) electrons. The lowest BCUT2D eigenvalue weighted by Crippen LogP contribution is -2.46. The van der Waals surface area contributed by atoms with E-state index in [2.05, 4.69) is 24.4 Å². The van der Waals surface area contributed by atoms with E-state index >= 15 is 0 Å². The van der Waals surface area contributed by atoms with Crippen LogP contribution < -0.4 is 9.80 Å². The second-order valence-corrected chi connectivity index (χ2v) is 9.96. The molecule has 3 aromatic rings. The SMILES string of the molecule is O=C(O)c1cc(N2CCN(c3ccncc3)CC2)c2c(C3CCC3)nn(C3CCCCC3)c2n1. The molecule has 178 valence electrons. The number of aromatic carboxylic acids is 1. The Labute approximate surface area is 199 Å².